The molecule has 1 aromatic rings. The van der Waals surface area contributed by atoms with Crippen molar-refractivity contribution in [3.63, 3.8) is 0 Å². The van der Waals surface area contributed by atoms with E-state index in [9.17, 15) is 0 Å². The molecule has 0 aliphatic rings. The van der Waals surface area contributed by atoms with Crippen molar-refractivity contribution in [2.24, 2.45) is 0 Å². The van der Waals surface area contributed by atoms with Crippen LogP contribution in [0.1, 0.15) is 14.7 Å². The second kappa shape index (κ2) is 5.75. The summed E-state index contributed by atoms with van der Waals surface area (Å²) in [7, 11) is 0. The summed E-state index contributed by atoms with van der Waals surface area (Å²) in [4.78, 5) is 0. The number of hydrogen-bond donors (Lipinski definition) is 1. The monoisotopic (exact) mass is 168 g/mol. The largest absolute Gasteiger partial charge is 0.396 e. The van der Waals surface area contributed by atoms with Crippen molar-refractivity contribution >= 4 is 0 Å². The quantitative estimate of drug-likeness (QED) is 0.676. The molecule has 0 radical (unpaired) electrons. The Kier molecular flexibility index (Phi) is 3.18. The third kappa shape index (κ3) is 3.51. The van der Waals surface area contributed by atoms with Crippen molar-refractivity contribution in [1.29, 1.82) is 0 Å². The maximum Gasteiger partial charge on any atom is 0.0716 e. The van der Waals surface area contributed by atoms with E-state index >= 15 is 0 Å². The molecule has 0 saturated carbocycles. The molecule has 1 N–H and O–H groups in total. The molecule has 0 fully saturated rings. The molecule has 1 aromatic carbocycles. The van der Waals surface area contributed by atoms with Gasteiger partial charge in [0.1, 0.15) is 0 Å². The van der Waals surface area contributed by atoms with E-state index in [0.717, 1.165) is 5.56 Å². The number of aliphatic hydroxyl groups is 1. The zero-order valence-electron chi connectivity index (χ0n) is 8.86. The summed E-state index contributed by atoms with van der Waals surface area (Å²) in [6.45, 7) is -1.45. The van der Waals surface area contributed by atoms with E-state index in [1.807, 2.05) is 30.3 Å². The van der Waals surface area contributed by atoms with Gasteiger partial charge >= 0.3 is 0 Å². The molecule has 0 heterocycles. The molecule has 2 nitrogen and oxygen atoms in total. The van der Waals surface area contributed by atoms with Gasteiger partial charge in [0.15, 0.2) is 0 Å². The van der Waals surface area contributed by atoms with Crippen LogP contribution >= 0.6 is 0 Å². The maximum absolute atomic E-state index is 8.77. The molecule has 0 aromatic heterocycles. The van der Waals surface area contributed by atoms with Crippen LogP contribution < -0.4 is 0 Å². The summed E-state index contributed by atoms with van der Waals surface area (Å²) in [5, 5.41) is 8.77. The Hall–Kier alpha value is -0.860. The van der Waals surface area contributed by atoms with Crippen LogP contribution in [0.5, 0.6) is 0 Å². The number of benzene rings is 1. The molecule has 0 unspecified atom stereocenters. The van der Waals surface area contributed by atoms with Gasteiger partial charge in [-0.15, -0.1) is 0 Å². The summed E-state index contributed by atoms with van der Waals surface area (Å²) < 4.78 is 18.9. The van der Waals surface area contributed by atoms with Crippen LogP contribution in [0.15, 0.2) is 30.3 Å². The molecule has 0 aliphatic carbocycles. The van der Waals surface area contributed by atoms with Crippen molar-refractivity contribution in [3.05, 3.63) is 35.9 Å². The Bertz CT molecular complexity index is 257. The molecule has 66 valence electrons. The summed E-state index contributed by atoms with van der Waals surface area (Å²) in [5.74, 6) is 0. The normalized spacial score (nSPS) is 13.8. The summed E-state index contributed by atoms with van der Waals surface area (Å²) in [5.41, 5.74) is 1.05. The Labute approximate surface area is 75.6 Å². The zero-order valence-corrected chi connectivity index (χ0v) is 6.86. The van der Waals surface area contributed by atoms with Crippen molar-refractivity contribution in [1.82, 2.24) is 0 Å². The summed E-state index contributed by atoms with van der Waals surface area (Å²) >= 11 is 0. The van der Waals surface area contributed by atoms with Gasteiger partial charge in [0.2, 0.25) is 0 Å². The lowest BCUT2D eigenvalue weighted by atomic mass is 10.2. The van der Waals surface area contributed by atoms with Gasteiger partial charge in [-0.25, -0.2) is 0 Å². The first-order valence-corrected chi connectivity index (χ1v) is 3.92. The Morgan fingerprint density at radius 1 is 1.33 bits per heavy atom. The molecular formula is C10H14O2. The molecule has 0 bridgehead atoms. The third-order valence-corrected chi connectivity index (χ3v) is 1.47. The molecule has 0 amide bonds. The lowest BCUT2D eigenvalue weighted by Crippen LogP contribution is -1.97. The first kappa shape index (κ1) is 6.63. The standard InChI is InChI=1S/C10H14O2/c11-7-4-8-12-9-10-5-2-1-3-6-10/h1-3,5-6,11H,4,7-9H2/i7D2. The maximum atomic E-state index is 8.77. The van der Waals surface area contributed by atoms with Crippen LogP contribution in [0, 0.1) is 0 Å². The zero-order chi connectivity index (χ0) is 10.4. The average Bonchev–Trinajstić information content (AvgIpc) is 2.13. The Morgan fingerprint density at radius 3 is 2.75 bits per heavy atom. The fourth-order valence-corrected chi connectivity index (χ4v) is 0.882. The lowest BCUT2D eigenvalue weighted by molar-refractivity contribution is 0.104. The highest BCUT2D eigenvalue weighted by Crippen LogP contribution is 2.00. The fourth-order valence-electron chi connectivity index (χ4n) is 0.882. The fraction of sp³-hybridized carbons (Fsp3) is 0.400. The van der Waals surface area contributed by atoms with Gasteiger partial charge in [0.05, 0.1) is 9.35 Å². The van der Waals surface area contributed by atoms with Crippen LogP contribution in [0.25, 0.3) is 0 Å². The lowest BCUT2D eigenvalue weighted by Gasteiger charge is -2.01. The van der Waals surface area contributed by atoms with E-state index < -0.39 is 6.56 Å². The van der Waals surface area contributed by atoms with E-state index in [4.69, 9.17) is 12.6 Å². The summed E-state index contributed by atoms with van der Waals surface area (Å²) in [6, 6.07) is 9.64. The van der Waals surface area contributed by atoms with Crippen LogP contribution in [-0.2, 0) is 11.3 Å². The van der Waals surface area contributed by atoms with Crippen LogP contribution in [0.4, 0.5) is 0 Å². The van der Waals surface area contributed by atoms with Crippen LogP contribution in [0.2, 0.25) is 0 Å². The highest BCUT2D eigenvalue weighted by atomic mass is 16.5. The molecule has 12 heavy (non-hydrogen) atoms. The molecule has 0 spiro atoms. The highest BCUT2D eigenvalue weighted by molar-refractivity contribution is 5.13. The number of rotatable bonds is 5. The second-order valence-corrected chi connectivity index (χ2v) is 2.45. The highest BCUT2D eigenvalue weighted by Gasteiger charge is 1.90. The topological polar surface area (TPSA) is 29.5 Å². The third-order valence-electron chi connectivity index (χ3n) is 1.47. The van der Waals surface area contributed by atoms with E-state index in [2.05, 4.69) is 0 Å². The van der Waals surface area contributed by atoms with E-state index in [-0.39, 0.29) is 13.0 Å². The minimum absolute atomic E-state index is 0.000165. The van der Waals surface area contributed by atoms with Crippen molar-refractivity contribution < 1.29 is 12.6 Å². The van der Waals surface area contributed by atoms with Gasteiger partial charge in [-0.05, 0) is 12.0 Å². The molecule has 1 rings (SSSR count). The van der Waals surface area contributed by atoms with E-state index in [1.54, 1.807) is 0 Å². The summed E-state index contributed by atoms with van der Waals surface area (Å²) in [6.07, 6.45) is -0.000165. The average molecular weight is 168 g/mol. The van der Waals surface area contributed by atoms with Gasteiger partial charge in [-0.3, -0.25) is 0 Å². The van der Waals surface area contributed by atoms with Gasteiger partial charge < -0.3 is 9.84 Å². The molecule has 2 heteroatoms. The van der Waals surface area contributed by atoms with Crippen LogP contribution in [-0.4, -0.2) is 18.3 Å². The van der Waals surface area contributed by atoms with E-state index in [1.165, 1.54) is 0 Å². The predicted molar refractivity (Wildman–Crippen MR) is 47.8 cm³/mol. The molecule has 0 saturated heterocycles. The van der Waals surface area contributed by atoms with Crippen molar-refractivity contribution in [2.75, 3.05) is 13.2 Å². The van der Waals surface area contributed by atoms with Gasteiger partial charge in [0, 0.05) is 13.2 Å². The van der Waals surface area contributed by atoms with Gasteiger partial charge in [-0.2, -0.15) is 0 Å². The Morgan fingerprint density at radius 2 is 2.08 bits per heavy atom. The molecule has 0 atom stereocenters. The van der Waals surface area contributed by atoms with Crippen LogP contribution in [0.3, 0.4) is 0 Å². The number of ether oxygens (including phenoxy) is 1. The smallest absolute Gasteiger partial charge is 0.0716 e. The first-order valence-electron chi connectivity index (χ1n) is 4.92. The van der Waals surface area contributed by atoms with Crippen molar-refractivity contribution in [2.45, 2.75) is 13.0 Å². The predicted octanol–water partition coefficient (Wildman–Crippen LogP) is 1.59. The SMILES string of the molecule is [2H]C([2H])(O)CCOCc1ccccc1. The van der Waals surface area contributed by atoms with Gasteiger partial charge in [-0.1, -0.05) is 30.3 Å². The van der Waals surface area contributed by atoms with Gasteiger partial charge in [0.25, 0.3) is 0 Å². The number of hydrogen-bond acceptors (Lipinski definition) is 2. The molecular weight excluding hydrogens is 152 g/mol. The minimum atomic E-state index is -2.13. The van der Waals surface area contributed by atoms with Crippen molar-refractivity contribution in [3.8, 4) is 0 Å². The minimum Gasteiger partial charge on any atom is -0.396 e. The Balaban J connectivity index is 2.17. The first-order chi connectivity index (χ1) is 6.58. The second-order valence-electron chi connectivity index (χ2n) is 2.45. The molecule has 0 aliphatic heterocycles. The van der Waals surface area contributed by atoms with E-state index in [0.29, 0.717) is 6.61 Å².